The Hall–Kier alpha value is -6.23. The predicted molar refractivity (Wildman–Crippen MR) is 221 cm³/mol. The standard InChI is InChI=1S/C41H49N9O7S/c1-5-32-40(54)47-35(22-29-24-44-33-11-7-6-10-31(29)33)39(53)43-19-9-21-50-26(2)45-34-17-14-28(23-36(34)50)38(52)42-18-8-20-49(25-37(51)46-32)41(55)27-12-15-30(16-13-27)48(3)58(4,56)57/h6-7,10-17,23-24,32,35,44H,5,8-9,18-22,25H2,1-4H3,(H,42,52)(H,43,53)(H,46,51)(H,47,54)/t32-,35+/m0/s1. The van der Waals surface area contributed by atoms with Crippen molar-refractivity contribution in [3.05, 3.63) is 95.4 Å². The molecule has 17 heteroatoms. The number of amides is 5. The first-order valence-corrected chi connectivity index (χ1v) is 21.1. The third-order valence-electron chi connectivity index (χ3n) is 10.3. The minimum Gasteiger partial charge on any atom is -0.361 e. The molecule has 2 bridgehead atoms. The van der Waals surface area contributed by atoms with Gasteiger partial charge in [0.05, 0.1) is 29.5 Å². The van der Waals surface area contributed by atoms with Gasteiger partial charge in [0, 0.05) is 67.9 Å². The van der Waals surface area contributed by atoms with Crippen molar-refractivity contribution < 1.29 is 32.4 Å². The number of benzene rings is 3. The number of nitrogens with one attached hydrogen (secondary N) is 5. The minimum absolute atomic E-state index is 0.0678. The van der Waals surface area contributed by atoms with Gasteiger partial charge in [-0.15, -0.1) is 0 Å². The summed E-state index contributed by atoms with van der Waals surface area (Å²) >= 11 is 0. The van der Waals surface area contributed by atoms with Gasteiger partial charge in [-0.05, 0) is 80.3 Å². The van der Waals surface area contributed by atoms with Crippen LogP contribution in [0.1, 0.15) is 58.3 Å². The van der Waals surface area contributed by atoms with Gasteiger partial charge in [0.15, 0.2) is 0 Å². The lowest BCUT2D eigenvalue weighted by Gasteiger charge is -2.26. The summed E-state index contributed by atoms with van der Waals surface area (Å²) in [4.78, 5) is 77.6. The number of H-pyrrole nitrogens is 1. The molecule has 16 nitrogen and oxygen atoms in total. The van der Waals surface area contributed by atoms with Gasteiger partial charge in [-0.2, -0.15) is 0 Å². The van der Waals surface area contributed by atoms with Crippen LogP contribution in [-0.2, 0) is 37.4 Å². The van der Waals surface area contributed by atoms with Crippen molar-refractivity contribution in [2.75, 3.05) is 43.8 Å². The third-order valence-corrected chi connectivity index (χ3v) is 11.5. The predicted octanol–water partition coefficient (Wildman–Crippen LogP) is 2.63. The van der Waals surface area contributed by atoms with Crippen molar-refractivity contribution in [1.82, 2.24) is 40.7 Å². The largest absolute Gasteiger partial charge is 0.361 e. The summed E-state index contributed by atoms with van der Waals surface area (Å²) in [5.41, 5.74) is 4.20. The van der Waals surface area contributed by atoms with Crippen molar-refractivity contribution in [2.45, 2.75) is 58.2 Å². The Bertz CT molecular complexity index is 2440. The second-order valence-electron chi connectivity index (χ2n) is 14.4. The van der Waals surface area contributed by atoms with Crippen LogP contribution in [0.3, 0.4) is 0 Å². The fourth-order valence-electron chi connectivity index (χ4n) is 7.02. The number of sulfonamides is 1. The zero-order chi connectivity index (χ0) is 41.6. The van der Waals surface area contributed by atoms with E-state index in [1.54, 1.807) is 25.1 Å². The number of hydrogen-bond acceptors (Lipinski definition) is 8. The van der Waals surface area contributed by atoms with E-state index in [2.05, 4.69) is 31.2 Å². The van der Waals surface area contributed by atoms with Gasteiger partial charge in [-0.3, -0.25) is 28.3 Å². The Kier molecular flexibility index (Phi) is 12.8. The number of carbonyl (C=O) groups excluding carboxylic acids is 5. The first-order valence-electron chi connectivity index (χ1n) is 19.2. The number of aromatic amines is 1. The van der Waals surface area contributed by atoms with Crippen LogP contribution in [-0.4, -0.2) is 109 Å². The molecule has 0 fully saturated rings. The lowest BCUT2D eigenvalue weighted by molar-refractivity contribution is -0.132. The summed E-state index contributed by atoms with van der Waals surface area (Å²) in [6.07, 6.45) is 4.11. The fourth-order valence-corrected chi connectivity index (χ4v) is 7.53. The van der Waals surface area contributed by atoms with Gasteiger partial charge in [0.25, 0.3) is 11.8 Å². The van der Waals surface area contributed by atoms with Gasteiger partial charge in [-0.25, -0.2) is 13.4 Å². The number of imidazole rings is 1. The lowest BCUT2D eigenvalue weighted by Crippen LogP contribution is -2.55. The van der Waals surface area contributed by atoms with Gasteiger partial charge in [0.2, 0.25) is 27.7 Å². The number of para-hydroxylation sites is 1. The van der Waals surface area contributed by atoms with E-state index in [1.165, 1.54) is 36.2 Å². The van der Waals surface area contributed by atoms with Gasteiger partial charge >= 0.3 is 0 Å². The number of aryl methyl sites for hydroxylation is 2. The zero-order valence-electron chi connectivity index (χ0n) is 33.0. The van der Waals surface area contributed by atoms with Gasteiger partial charge in [0.1, 0.15) is 17.9 Å². The molecule has 3 aromatic carbocycles. The zero-order valence-corrected chi connectivity index (χ0v) is 33.8. The number of nitrogens with zero attached hydrogens (tertiary/aromatic N) is 4. The van der Waals surface area contributed by atoms with E-state index >= 15 is 0 Å². The van der Waals surface area contributed by atoms with E-state index in [0.29, 0.717) is 37.2 Å². The topological polar surface area (TPSA) is 208 Å². The van der Waals surface area contributed by atoms with Crippen molar-refractivity contribution >= 4 is 67.2 Å². The van der Waals surface area contributed by atoms with Crippen molar-refractivity contribution in [3.8, 4) is 0 Å². The van der Waals surface area contributed by atoms with Crippen LogP contribution >= 0.6 is 0 Å². The molecule has 1 aliphatic rings. The number of rotatable bonds is 6. The van der Waals surface area contributed by atoms with Gasteiger partial charge in [-0.1, -0.05) is 25.1 Å². The highest BCUT2D eigenvalue weighted by atomic mass is 32.2. The first-order chi connectivity index (χ1) is 27.7. The number of hydrogen-bond donors (Lipinski definition) is 5. The Balaban J connectivity index is 1.28. The highest BCUT2D eigenvalue weighted by Gasteiger charge is 2.28. The van der Waals surface area contributed by atoms with Crippen LogP contribution in [0.2, 0.25) is 0 Å². The van der Waals surface area contributed by atoms with E-state index in [-0.39, 0.29) is 37.4 Å². The normalized spacial score (nSPS) is 18.2. The van der Waals surface area contributed by atoms with E-state index < -0.39 is 52.3 Å². The number of fused-ring (bicyclic) bond motifs is 2. The highest BCUT2D eigenvalue weighted by molar-refractivity contribution is 7.92. The summed E-state index contributed by atoms with van der Waals surface area (Å²) in [6.45, 7) is 4.27. The van der Waals surface area contributed by atoms with E-state index in [9.17, 15) is 32.4 Å². The molecular weight excluding hydrogens is 763 g/mol. The van der Waals surface area contributed by atoms with E-state index in [1.807, 2.05) is 42.0 Å². The average Bonchev–Trinajstić information content (AvgIpc) is 3.76. The second kappa shape index (κ2) is 17.9. The molecule has 5 aromatic rings. The maximum atomic E-state index is 13.9. The van der Waals surface area contributed by atoms with Gasteiger partial charge < -0.3 is 35.7 Å². The molecule has 5 amide bonds. The monoisotopic (exact) mass is 811 g/mol. The molecule has 2 atom stereocenters. The van der Waals surface area contributed by atoms with E-state index in [4.69, 9.17) is 0 Å². The molecule has 0 spiro atoms. The highest BCUT2D eigenvalue weighted by Crippen LogP contribution is 2.21. The fraction of sp³-hybridized carbons (Fsp3) is 0.366. The van der Waals surface area contributed by atoms with Crippen LogP contribution in [0, 0.1) is 6.92 Å². The molecule has 306 valence electrons. The summed E-state index contributed by atoms with van der Waals surface area (Å²) in [7, 11) is -2.14. The summed E-state index contributed by atoms with van der Waals surface area (Å²) in [6, 6.07) is 16.9. The van der Waals surface area contributed by atoms with Crippen LogP contribution in [0.5, 0.6) is 0 Å². The first kappa shape index (κ1) is 41.4. The maximum absolute atomic E-state index is 13.9. The molecule has 6 rings (SSSR count). The number of anilines is 1. The third kappa shape index (κ3) is 9.65. The van der Waals surface area contributed by atoms with E-state index in [0.717, 1.165) is 43.9 Å². The smallest absolute Gasteiger partial charge is 0.254 e. The molecule has 0 saturated heterocycles. The molecule has 1 aliphatic heterocycles. The lowest BCUT2D eigenvalue weighted by atomic mass is 10.0. The van der Waals surface area contributed by atoms with Crippen LogP contribution in [0.15, 0.2) is 72.9 Å². The molecule has 2 aromatic heterocycles. The minimum atomic E-state index is -3.54. The van der Waals surface area contributed by atoms with Crippen molar-refractivity contribution in [1.29, 1.82) is 0 Å². The quantitative estimate of drug-likeness (QED) is 0.172. The van der Waals surface area contributed by atoms with Crippen molar-refractivity contribution in [2.24, 2.45) is 0 Å². The van der Waals surface area contributed by atoms with Crippen LogP contribution in [0.25, 0.3) is 21.9 Å². The average molecular weight is 812 g/mol. The molecule has 0 unspecified atom stereocenters. The Morgan fingerprint density at radius 3 is 2.36 bits per heavy atom. The Labute approximate surface area is 336 Å². The van der Waals surface area contributed by atoms with Crippen LogP contribution in [0.4, 0.5) is 5.69 Å². The maximum Gasteiger partial charge on any atom is 0.254 e. The second-order valence-corrected chi connectivity index (χ2v) is 16.4. The molecule has 0 aliphatic carbocycles. The molecule has 5 N–H and O–H groups in total. The SMILES string of the molecule is CC[C@@H]1NC(=O)CN(C(=O)c2ccc(N(C)S(C)(=O)=O)cc2)CCCNC(=O)c2ccc3nc(C)n(c3c2)CCCNC(=O)[C@@H](Cc2c[nH]c3ccccc23)NC1=O. The van der Waals surface area contributed by atoms with Crippen molar-refractivity contribution in [3.63, 3.8) is 0 Å². The molecule has 58 heavy (non-hydrogen) atoms. The summed E-state index contributed by atoms with van der Waals surface area (Å²) in [5.74, 6) is -1.62. The summed E-state index contributed by atoms with van der Waals surface area (Å²) in [5, 5.41) is 12.4. The van der Waals surface area contributed by atoms with Crippen LogP contribution < -0.4 is 25.6 Å². The summed E-state index contributed by atoms with van der Waals surface area (Å²) < 4.78 is 27.2. The number of aromatic nitrogens is 3. The molecule has 0 saturated carbocycles. The number of carbonyl (C=O) groups is 5. The Morgan fingerprint density at radius 2 is 1.62 bits per heavy atom. The molecule has 3 heterocycles. The molecular formula is C41H49N9O7S. The Morgan fingerprint density at radius 1 is 0.897 bits per heavy atom. The molecule has 0 radical (unpaired) electrons.